The van der Waals surface area contributed by atoms with E-state index in [1.165, 1.54) is 11.3 Å². The van der Waals surface area contributed by atoms with Crippen molar-refractivity contribution in [3.05, 3.63) is 22.0 Å². The standard InChI is InChI=1S/C10H13N7OS/c1-4-6-8(17(3)16-4)13-10(19-6)11-5(2)7-12-9(18)15-14-7/h5H,1-3H3,(H,11,13)(H2,12,14,15,18)/t5-/m0/s1. The monoisotopic (exact) mass is 279 g/mol. The Bertz CT molecular complexity index is 745. The Labute approximate surface area is 111 Å². The van der Waals surface area contributed by atoms with Crippen molar-refractivity contribution < 1.29 is 0 Å². The van der Waals surface area contributed by atoms with Gasteiger partial charge in [-0.3, -0.25) is 4.98 Å². The minimum atomic E-state index is -0.312. The highest BCUT2D eigenvalue weighted by atomic mass is 32.1. The van der Waals surface area contributed by atoms with Gasteiger partial charge in [0.15, 0.2) is 16.6 Å². The first-order valence-corrected chi connectivity index (χ1v) is 6.57. The van der Waals surface area contributed by atoms with E-state index in [2.05, 4.69) is 30.6 Å². The molecule has 0 spiro atoms. The number of hydrogen-bond donors (Lipinski definition) is 3. The zero-order valence-corrected chi connectivity index (χ0v) is 11.5. The fourth-order valence-electron chi connectivity index (χ4n) is 1.89. The highest BCUT2D eigenvalue weighted by molar-refractivity contribution is 7.22. The summed E-state index contributed by atoms with van der Waals surface area (Å²) >= 11 is 1.54. The summed E-state index contributed by atoms with van der Waals surface area (Å²) in [4.78, 5) is 18.1. The van der Waals surface area contributed by atoms with Crippen LogP contribution in [0, 0.1) is 6.92 Å². The average Bonchev–Trinajstić information content (AvgIpc) is 3.00. The molecule has 0 amide bonds. The van der Waals surface area contributed by atoms with Crippen LogP contribution in [-0.2, 0) is 7.05 Å². The predicted molar refractivity (Wildman–Crippen MR) is 72.4 cm³/mol. The molecule has 0 aliphatic rings. The number of anilines is 1. The maximum Gasteiger partial charge on any atom is 0.340 e. The summed E-state index contributed by atoms with van der Waals surface area (Å²) in [6.45, 7) is 3.86. The molecular weight excluding hydrogens is 266 g/mol. The first-order chi connectivity index (χ1) is 9.04. The maximum absolute atomic E-state index is 11.0. The van der Waals surface area contributed by atoms with Gasteiger partial charge in [0, 0.05) is 7.05 Å². The molecule has 19 heavy (non-hydrogen) atoms. The van der Waals surface area contributed by atoms with E-state index in [0.29, 0.717) is 5.82 Å². The summed E-state index contributed by atoms with van der Waals surface area (Å²) in [5.41, 5.74) is 1.50. The van der Waals surface area contributed by atoms with Crippen LogP contribution in [0.25, 0.3) is 10.3 Å². The second kappa shape index (κ2) is 4.19. The normalized spacial score (nSPS) is 13.0. The first kappa shape index (κ1) is 11.9. The van der Waals surface area contributed by atoms with Crippen LogP contribution in [-0.4, -0.2) is 29.9 Å². The maximum atomic E-state index is 11.0. The van der Waals surface area contributed by atoms with Crippen molar-refractivity contribution >= 4 is 26.8 Å². The predicted octanol–water partition coefficient (Wildman–Crippen LogP) is 0.923. The quantitative estimate of drug-likeness (QED) is 0.661. The van der Waals surface area contributed by atoms with E-state index in [1.54, 1.807) is 4.68 Å². The summed E-state index contributed by atoms with van der Waals surface area (Å²) in [7, 11) is 1.87. The fraction of sp³-hybridized carbons (Fsp3) is 0.400. The summed E-state index contributed by atoms with van der Waals surface area (Å²) in [5, 5.41) is 14.5. The molecule has 0 fully saturated rings. The van der Waals surface area contributed by atoms with Gasteiger partial charge in [-0.15, -0.1) is 0 Å². The highest BCUT2D eigenvalue weighted by Crippen LogP contribution is 2.29. The molecule has 3 N–H and O–H groups in total. The Morgan fingerprint density at radius 3 is 2.89 bits per heavy atom. The van der Waals surface area contributed by atoms with Crippen molar-refractivity contribution in [1.29, 1.82) is 0 Å². The number of aryl methyl sites for hydroxylation is 2. The van der Waals surface area contributed by atoms with Crippen LogP contribution in [0.5, 0.6) is 0 Å². The number of nitrogens with one attached hydrogen (secondary N) is 3. The molecule has 0 aliphatic carbocycles. The number of aromatic nitrogens is 6. The molecule has 0 saturated heterocycles. The van der Waals surface area contributed by atoms with E-state index in [-0.39, 0.29) is 11.7 Å². The zero-order chi connectivity index (χ0) is 13.6. The Hall–Kier alpha value is -2.16. The third-order valence-corrected chi connectivity index (χ3v) is 3.90. The average molecular weight is 279 g/mol. The molecule has 0 saturated carbocycles. The Morgan fingerprint density at radius 1 is 1.47 bits per heavy atom. The number of hydrogen-bond acceptors (Lipinski definition) is 6. The van der Waals surface area contributed by atoms with Gasteiger partial charge >= 0.3 is 5.69 Å². The van der Waals surface area contributed by atoms with Crippen molar-refractivity contribution in [2.45, 2.75) is 19.9 Å². The lowest BCUT2D eigenvalue weighted by Gasteiger charge is -2.08. The largest absolute Gasteiger partial charge is 0.352 e. The minimum absolute atomic E-state index is 0.132. The van der Waals surface area contributed by atoms with Crippen LogP contribution in [0.1, 0.15) is 24.5 Å². The number of fused-ring (bicyclic) bond motifs is 1. The van der Waals surface area contributed by atoms with Gasteiger partial charge in [0.05, 0.1) is 16.4 Å². The van der Waals surface area contributed by atoms with E-state index in [0.717, 1.165) is 21.2 Å². The highest BCUT2D eigenvalue weighted by Gasteiger charge is 2.15. The van der Waals surface area contributed by atoms with Gasteiger partial charge in [-0.2, -0.15) is 10.2 Å². The van der Waals surface area contributed by atoms with E-state index in [1.807, 2.05) is 20.9 Å². The molecule has 8 nitrogen and oxygen atoms in total. The molecular formula is C10H13N7OS. The molecule has 3 rings (SSSR count). The summed E-state index contributed by atoms with van der Waals surface area (Å²) in [6, 6.07) is -0.132. The van der Waals surface area contributed by atoms with Crippen molar-refractivity contribution in [2.75, 3.05) is 5.32 Å². The molecule has 0 aliphatic heterocycles. The Morgan fingerprint density at radius 2 is 2.26 bits per heavy atom. The van der Waals surface area contributed by atoms with E-state index in [9.17, 15) is 4.79 Å². The molecule has 1 atom stereocenters. The first-order valence-electron chi connectivity index (χ1n) is 5.76. The topological polar surface area (TPSA) is 104 Å². The van der Waals surface area contributed by atoms with Gasteiger partial charge in [0.2, 0.25) is 0 Å². The second-order valence-electron chi connectivity index (χ2n) is 4.31. The van der Waals surface area contributed by atoms with E-state index in [4.69, 9.17) is 0 Å². The Balaban J connectivity index is 1.89. The number of rotatable bonds is 3. The molecule has 0 bridgehead atoms. The lowest BCUT2D eigenvalue weighted by Crippen LogP contribution is -2.10. The number of H-pyrrole nitrogens is 2. The summed E-state index contributed by atoms with van der Waals surface area (Å²) in [6.07, 6.45) is 0. The molecule has 3 heterocycles. The smallest absolute Gasteiger partial charge is 0.340 e. The van der Waals surface area contributed by atoms with Crippen LogP contribution < -0.4 is 11.0 Å². The van der Waals surface area contributed by atoms with Crippen LogP contribution >= 0.6 is 11.3 Å². The number of nitrogens with zero attached hydrogens (tertiary/aromatic N) is 4. The summed E-state index contributed by atoms with van der Waals surface area (Å²) < 4.78 is 2.82. The van der Waals surface area contributed by atoms with Gasteiger partial charge in [-0.1, -0.05) is 11.3 Å². The van der Waals surface area contributed by atoms with Crippen molar-refractivity contribution in [3.8, 4) is 0 Å². The minimum Gasteiger partial charge on any atom is -0.352 e. The van der Waals surface area contributed by atoms with Crippen LogP contribution in [0.3, 0.4) is 0 Å². The molecule has 3 aromatic heterocycles. The third kappa shape index (κ3) is 2.01. The van der Waals surface area contributed by atoms with Crippen LogP contribution in [0.4, 0.5) is 5.13 Å². The molecule has 0 radical (unpaired) electrons. The lowest BCUT2D eigenvalue weighted by molar-refractivity contribution is 0.770. The number of aromatic amines is 2. The van der Waals surface area contributed by atoms with Crippen LogP contribution in [0.15, 0.2) is 4.79 Å². The van der Waals surface area contributed by atoms with Crippen molar-refractivity contribution in [2.24, 2.45) is 7.05 Å². The van der Waals surface area contributed by atoms with Crippen LogP contribution in [0.2, 0.25) is 0 Å². The third-order valence-electron chi connectivity index (χ3n) is 2.81. The molecule has 100 valence electrons. The van der Waals surface area contributed by atoms with Gasteiger partial charge in [0.1, 0.15) is 0 Å². The molecule has 0 aromatic carbocycles. The van der Waals surface area contributed by atoms with Gasteiger partial charge in [-0.05, 0) is 13.8 Å². The number of thiazole rings is 1. The second-order valence-corrected chi connectivity index (χ2v) is 5.31. The van der Waals surface area contributed by atoms with Gasteiger partial charge < -0.3 is 5.32 Å². The molecule has 3 aromatic rings. The van der Waals surface area contributed by atoms with Gasteiger partial charge in [-0.25, -0.2) is 19.6 Å². The molecule has 0 unspecified atom stereocenters. The SMILES string of the molecule is Cc1nn(C)c2nc(N[C@@H](C)c3n[nH]c(=O)[nH]3)sc12. The van der Waals surface area contributed by atoms with E-state index >= 15 is 0 Å². The summed E-state index contributed by atoms with van der Waals surface area (Å²) in [5.74, 6) is 0.555. The zero-order valence-electron chi connectivity index (χ0n) is 10.7. The van der Waals surface area contributed by atoms with E-state index < -0.39 is 0 Å². The van der Waals surface area contributed by atoms with Crippen molar-refractivity contribution in [1.82, 2.24) is 29.9 Å². The lowest BCUT2D eigenvalue weighted by atomic mass is 10.3. The fourth-order valence-corrected chi connectivity index (χ4v) is 2.91. The Kier molecular flexibility index (Phi) is 2.63. The van der Waals surface area contributed by atoms with Gasteiger partial charge in [0.25, 0.3) is 0 Å². The van der Waals surface area contributed by atoms with Crippen molar-refractivity contribution in [3.63, 3.8) is 0 Å². The molecule has 9 heteroatoms.